The molecule has 3 aliphatic rings. The van der Waals surface area contributed by atoms with E-state index in [-0.39, 0.29) is 29.1 Å². The predicted molar refractivity (Wildman–Crippen MR) is 138 cm³/mol. The Bertz CT molecular complexity index is 1560. The SMILES string of the molecule is NC(=O)C1=CN([C@@H]2O[C@H](COP(=O)([O-])OP(=O)([O-])OC[C@H]3O[C@@H](n4cnc5c(N)ncnc54)[C@H](O)[C@@H]3O)[C@@H](O)[C@H]2O)CC=C1. The lowest BCUT2D eigenvalue weighted by Gasteiger charge is -2.32. The van der Waals surface area contributed by atoms with Gasteiger partial charge in [-0.3, -0.25) is 18.5 Å². The first-order valence-corrected chi connectivity index (χ1v) is 15.6. The fourth-order valence-electron chi connectivity index (χ4n) is 4.69. The van der Waals surface area contributed by atoms with Crippen molar-refractivity contribution in [1.82, 2.24) is 24.4 Å². The molecule has 5 rings (SSSR count). The average molecular weight is 663 g/mol. The van der Waals surface area contributed by atoms with E-state index in [2.05, 4.69) is 28.3 Å². The number of fused-ring (bicyclic) bond motifs is 1. The largest absolute Gasteiger partial charge is 0.756 e. The van der Waals surface area contributed by atoms with E-state index in [1.807, 2.05) is 0 Å². The highest BCUT2D eigenvalue weighted by atomic mass is 31.3. The van der Waals surface area contributed by atoms with Crippen LogP contribution in [0.3, 0.4) is 0 Å². The third-order valence-corrected chi connectivity index (χ3v) is 9.39. The van der Waals surface area contributed by atoms with Crippen LogP contribution in [0.1, 0.15) is 6.23 Å². The van der Waals surface area contributed by atoms with Crippen molar-refractivity contribution in [1.29, 1.82) is 0 Å². The van der Waals surface area contributed by atoms with Crippen molar-refractivity contribution in [2.24, 2.45) is 5.73 Å². The standard InChI is InChI=1S/C21H29N7O14P2/c22-17-12-19(25-7-24-17)28(8-26-12)21-16(32)14(30)11(41-21)6-39-44(36,37)42-43(34,35)38-5-10-13(29)15(31)20(40-10)27-3-1-2-9(4-27)18(23)33/h1-2,4,7-8,10-11,13-16,20-21,29-32H,3,5-6H2,(H2,23,33)(H,34,35)(H,36,37)(H2,22,24,25)/p-2/t10-,11-,13-,14-,15-,16-,20-,21-/m1/s1. The third kappa shape index (κ3) is 6.70. The number of anilines is 1. The van der Waals surface area contributed by atoms with Gasteiger partial charge < -0.3 is 65.1 Å². The number of nitrogen functional groups attached to an aromatic ring is 1. The van der Waals surface area contributed by atoms with Crippen LogP contribution in [-0.2, 0) is 36.8 Å². The van der Waals surface area contributed by atoms with E-state index < -0.39 is 83.8 Å². The second-order valence-corrected chi connectivity index (χ2v) is 12.7. The number of carbonyl (C=O) groups is 1. The number of phosphoric ester groups is 2. The summed E-state index contributed by atoms with van der Waals surface area (Å²) in [5, 5.41) is 41.5. The van der Waals surface area contributed by atoms with E-state index in [1.54, 1.807) is 6.08 Å². The normalized spacial score (nSPS) is 33.3. The summed E-state index contributed by atoms with van der Waals surface area (Å²) >= 11 is 0. The highest BCUT2D eigenvalue weighted by Crippen LogP contribution is 2.56. The van der Waals surface area contributed by atoms with E-state index in [0.29, 0.717) is 0 Å². The molecule has 2 unspecified atom stereocenters. The minimum Gasteiger partial charge on any atom is -0.756 e. The third-order valence-electron chi connectivity index (χ3n) is 6.86. The number of phosphoric acid groups is 2. The number of primary amides is 1. The van der Waals surface area contributed by atoms with Crippen LogP contribution in [0.2, 0.25) is 0 Å². The summed E-state index contributed by atoms with van der Waals surface area (Å²) in [6.07, 6.45) is -5.47. The van der Waals surface area contributed by atoms with Crippen molar-refractivity contribution in [2.45, 2.75) is 49.1 Å². The van der Waals surface area contributed by atoms with Gasteiger partial charge in [-0.1, -0.05) is 12.2 Å². The molecular weight excluding hydrogens is 636 g/mol. The smallest absolute Gasteiger partial charge is 0.274 e. The molecule has 3 aliphatic heterocycles. The fourth-order valence-corrected chi connectivity index (χ4v) is 6.71. The van der Waals surface area contributed by atoms with Crippen molar-refractivity contribution in [3.8, 4) is 0 Å². The summed E-state index contributed by atoms with van der Waals surface area (Å²) in [6.45, 7) is -1.81. The Hall–Kier alpha value is -2.88. The Kier molecular flexibility index (Phi) is 9.23. The maximum absolute atomic E-state index is 12.3. The Balaban J connectivity index is 1.15. The van der Waals surface area contributed by atoms with Gasteiger partial charge in [0.1, 0.15) is 48.5 Å². The second kappa shape index (κ2) is 12.5. The van der Waals surface area contributed by atoms with Gasteiger partial charge >= 0.3 is 0 Å². The zero-order valence-corrected chi connectivity index (χ0v) is 24.1. The quantitative estimate of drug-likeness (QED) is 0.124. The van der Waals surface area contributed by atoms with Crippen LogP contribution in [0, 0.1) is 0 Å². The van der Waals surface area contributed by atoms with Gasteiger partial charge in [0.05, 0.1) is 25.1 Å². The van der Waals surface area contributed by atoms with Crippen LogP contribution in [-0.4, -0.2) is 113 Å². The first-order chi connectivity index (χ1) is 20.7. The zero-order valence-electron chi connectivity index (χ0n) is 22.3. The van der Waals surface area contributed by atoms with E-state index >= 15 is 0 Å². The van der Waals surface area contributed by atoms with Crippen molar-refractivity contribution in [3.05, 3.63) is 36.6 Å². The van der Waals surface area contributed by atoms with Gasteiger partial charge in [-0.15, -0.1) is 0 Å². The lowest BCUT2D eigenvalue weighted by atomic mass is 10.1. The number of carbonyl (C=O) groups excluding carboxylic acids is 1. The van der Waals surface area contributed by atoms with E-state index in [9.17, 15) is 44.1 Å². The van der Waals surface area contributed by atoms with Gasteiger partial charge in [0.15, 0.2) is 23.9 Å². The molecule has 0 bridgehead atoms. The molecule has 2 aromatic heterocycles. The molecule has 44 heavy (non-hydrogen) atoms. The molecule has 8 N–H and O–H groups in total. The maximum atomic E-state index is 12.3. The number of hydrogen-bond donors (Lipinski definition) is 6. The number of imidazole rings is 1. The molecule has 23 heteroatoms. The Morgan fingerprint density at radius 1 is 0.977 bits per heavy atom. The lowest BCUT2D eigenvalue weighted by molar-refractivity contribution is -0.247. The number of nitrogens with zero attached hydrogens (tertiary/aromatic N) is 5. The van der Waals surface area contributed by atoms with Gasteiger partial charge in [0.2, 0.25) is 5.91 Å². The summed E-state index contributed by atoms with van der Waals surface area (Å²) in [5.41, 5.74) is 11.4. The van der Waals surface area contributed by atoms with Gasteiger partial charge in [-0.25, -0.2) is 19.3 Å². The summed E-state index contributed by atoms with van der Waals surface area (Å²) in [6, 6.07) is 0. The molecule has 0 spiro atoms. The number of aliphatic hydroxyl groups is 4. The van der Waals surface area contributed by atoms with Gasteiger partial charge in [-0.05, 0) is 0 Å². The molecule has 2 saturated heterocycles. The first kappa shape index (κ1) is 32.5. The minimum absolute atomic E-state index is 0.0377. The van der Waals surface area contributed by atoms with Crippen molar-refractivity contribution >= 4 is 38.5 Å². The molecular formula is C21H27N7O14P2-2. The number of aromatic nitrogens is 4. The Morgan fingerprint density at radius 2 is 1.57 bits per heavy atom. The van der Waals surface area contributed by atoms with Gasteiger partial charge in [0.25, 0.3) is 15.6 Å². The Morgan fingerprint density at radius 3 is 2.18 bits per heavy atom. The van der Waals surface area contributed by atoms with Crippen LogP contribution in [0.15, 0.2) is 36.6 Å². The molecule has 2 aromatic rings. The topological polar surface area (TPSA) is 323 Å². The molecule has 2 fully saturated rings. The summed E-state index contributed by atoms with van der Waals surface area (Å²) in [4.78, 5) is 49.1. The minimum atomic E-state index is -5.68. The highest BCUT2D eigenvalue weighted by Gasteiger charge is 2.47. The van der Waals surface area contributed by atoms with Crippen molar-refractivity contribution < 1.29 is 67.0 Å². The molecule has 0 radical (unpaired) electrons. The summed E-state index contributed by atoms with van der Waals surface area (Å²) in [5.74, 6) is -0.721. The van der Waals surface area contributed by atoms with E-state index in [0.717, 1.165) is 6.33 Å². The molecule has 5 heterocycles. The summed E-state index contributed by atoms with van der Waals surface area (Å²) < 4.78 is 49.9. The molecule has 0 aliphatic carbocycles. The van der Waals surface area contributed by atoms with Crippen LogP contribution in [0.5, 0.6) is 0 Å². The molecule has 242 valence electrons. The number of rotatable bonds is 11. The predicted octanol–water partition coefficient (Wildman–Crippen LogP) is -4.30. The van der Waals surface area contributed by atoms with Crippen LogP contribution >= 0.6 is 15.6 Å². The van der Waals surface area contributed by atoms with E-state index in [1.165, 1.54) is 28.1 Å². The van der Waals surface area contributed by atoms with Crippen LogP contribution in [0.4, 0.5) is 5.82 Å². The number of hydrogen-bond acceptors (Lipinski definition) is 19. The highest BCUT2D eigenvalue weighted by molar-refractivity contribution is 7.59. The van der Waals surface area contributed by atoms with Crippen molar-refractivity contribution in [3.63, 3.8) is 0 Å². The summed E-state index contributed by atoms with van der Waals surface area (Å²) in [7, 11) is -11.3. The monoisotopic (exact) mass is 663 g/mol. The van der Waals surface area contributed by atoms with E-state index in [4.69, 9.17) is 20.9 Å². The number of amides is 1. The molecule has 1 amide bonds. The number of ether oxygens (including phenoxy) is 2. The van der Waals surface area contributed by atoms with Crippen LogP contribution < -0.4 is 21.3 Å². The average Bonchev–Trinajstić information content (AvgIpc) is 3.61. The van der Waals surface area contributed by atoms with Gasteiger partial charge in [0, 0.05) is 12.7 Å². The number of nitrogens with two attached hydrogens (primary N) is 2. The van der Waals surface area contributed by atoms with Crippen molar-refractivity contribution in [2.75, 3.05) is 25.5 Å². The lowest BCUT2D eigenvalue weighted by Crippen LogP contribution is -2.42. The fraction of sp³-hybridized carbons (Fsp3) is 0.524. The molecule has 0 saturated carbocycles. The molecule has 10 atom stereocenters. The molecule has 21 nitrogen and oxygen atoms in total. The number of aliphatic hydroxyl groups excluding tert-OH is 4. The Labute approximate surface area is 247 Å². The maximum Gasteiger partial charge on any atom is 0.274 e. The van der Waals surface area contributed by atoms with Crippen LogP contribution in [0.25, 0.3) is 11.2 Å². The second-order valence-electron chi connectivity index (χ2n) is 9.79. The molecule has 0 aromatic carbocycles. The van der Waals surface area contributed by atoms with Gasteiger partial charge in [-0.2, -0.15) is 0 Å². The first-order valence-electron chi connectivity index (χ1n) is 12.7. The zero-order chi connectivity index (χ0) is 32.0.